The number of nitrogens with zero attached hydrogens (tertiary/aromatic N) is 1. The van der Waals surface area contributed by atoms with Crippen LogP contribution in [0.4, 0.5) is 4.39 Å². The minimum atomic E-state index is -0.755. The van der Waals surface area contributed by atoms with E-state index in [-0.39, 0.29) is 5.82 Å². The van der Waals surface area contributed by atoms with Crippen molar-refractivity contribution in [2.75, 3.05) is 6.61 Å². The van der Waals surface area contributed by atoms with Crippen molar-refractivity contribution in [2.45, 2.75) is 18.9 Å². The number of aliphatic hydroxyl groups is 1. The number of nitrogens with one attached hydrogen (secondary N) is 1. The first-order valence-corrected chi connectivity index (χ1v) is 6.53. The zero-order valence-electron chi connectivity index (χ0n) is 10.8. The Kier molecular flexibility index (Phi) is 3.52. The van der Waals surface area contributed by atoms with Crippen LogP contribution < -0.4 is 0 Å². The Labute approximate surface area is 115 Å². The number of halogens is 1. The molecule has 2 N–H and O–H groups in total. The summed E-state index contributed by atoms with van der Waals surface area (Å²) in [6.07, 6.45) is 4.16. The first-order valence-electron chi connectivity index (χ1n) is 6.53. The van der Waals surface area contributed by atoms with E-state index in [1.54, 1.807) is 24.6 Å². The Bertz CT molecular complexity index is 619. The lowest BCUT2D eigenvalue weighted by molar-refractivity contribution is 0.171. The largest absolute Gasteiger partial charge is 0.501 e. The van der Waals surface area contributed by atoms with Crippen molar-refractivity contribution in [3.05, 3.63) is 53.7 Å². The fourth-order valence-corrected chi connectivity index (χ4v) is 2.34. The summed E-state index contributed by atoms with van der Waals surface area (Å²) in [5.41, 5.74) is 2.99. The second kappa shape index (κ2) is 5.46. The van der Waals surface area contributed by atoms with Gasteiger partial charge in [0.25, 0.3) is 0 Å². The van der Waals surface area contributed by atoms with Gasteiger partial charge in [-0.2, -0.15) is 5.10 Å². The molecule has 1 aliphatic heterocycles. The molecule has 20 heavy (non-hydrogen) atoms. The van der Waals surface area contributed by atoms with Crippen LogP contribution in [0.1, 0.15) is 24.5 Å². The summed E-state index contributed by atoms with van der Waals surface area (Å²) in [5.74, 6) is -0.293. The van der Waals surface area contributed by atoms with Gasteiger partial charge in [-0.3, -0.25) is 5.10 Å². The average molecular weight is 274 g/mol. The Morgan fingerprint density at radius 2 is 2.10 bits per heavy atom. The van der Waals surface area contributed by atoms with E-state index in [0.29, 0.717) is 17.9 Å². The van der Waals surface area contributed by atoms with Gasteiger partial charge in [-0.15, -0.1) is 0 Å². The molecule has 0 fully saturated rings. The highest BCUT2D eigenvalue weighted by Gasteiger charge is 2.21. The second-order valence-corrected chi connectivity index (χ2v) is 4.78. The molecule has 0 aliphatic carbocycles. The molecule has 1 aromatic carbocycles. The lowest BCUT2D eigenvalue weighted by atomic mass is 9.96. The van der Waals surface area contributed by atoms with Gasteiger partial charge in [0.05, 0.1) is 24.8 Å². The maximum atomic E-state index is 13.0. The fraction of sp³-hybridized carbons (Fsp3) is 0.267. The van der Waals surface area contributed by atoms with E-state index in [4.69, 9.17) is 4.74 Å². The zero-order chi connectivity index (χ0) is 13.9. The van der Waals surface area contributed by atoms with Gasteiger partial charge in [0.2, 0.25) is 0 Å². The van der Waals surface area contributed by atoms with Crippen LogP contribution in [-0.4, -0.2) is 21.9 Å². The van der Waals surface area contributed by atoms with Crippen LogP contribution in [-0.2, 0) is 4.74 Å². The SMILES string of the molecule is OC(C1=COCCC1)c1cn[nH]c1-c1ccc(F)cc1. The van der Waals surface area contributed by atoms with Gasteiger partial charge in [0.15, 0.2) is 0 Å². The van der Waals surface area contributed by atoms with Gasteiger partial charge in [0, 0.05) is 11.1 Å². The summed E-state index contributed by atoms with van der Waals surface area (Å²) in [6, 6.07) is 6.08. The third kappa shape index (κ3) is 2.44. The molecule has 5 heteroatoms. The number of aliphatic hydroxyl groups excluding tert-OH is 1. The van der Waals surface area contributed by atoms with Crippen molar-refractivity contribution >= 4 is 0 Å². The van der Waals surface area contributed by atoms with Crippen molar-refractivity contribution in [1.82, 2.24) is 10.2 Å². The van der Waals surface area contributed by atoms with Crippen LogP contribution in [0.3, 0.4) is 0 Å². The molecular formula is C15H15FN2O2. The predicted octanol–water partition coefficient (Wildman–Crippen LogP) is 2.94. The first kappa shape index (κ1) is 12.9. The van der Waals surface area contributed by atoms with Crippen LogP contribution in [0.15, 0.2) is 42.3 Å². The van der Waals surface area contributed by atoms with E-state index in [9.17, 15) is 9.50 Å². The molecule has 1 aromatic heterocycles. The normalized spacial score (nSPS) is 16.4. The highest BCUT2D eigenvalue weighted by atomic mass is 19.1. The van der Waals surface area contributed by atoms with Crippen molar-refractivity contribution < 1.29 is 14.2 Å². The molecule has 1 aliphatic rings. The standard InChI is InChI=1S/C15H15FN2O2/c16-12-5-3-10(4-6-12)14-13(8-17-18-14)15(19)11-2-1-7-20-9-11/h3-6,8-9,15,19H,1-2,7H2,(H,17,18). The number of aromatic nitrogens is 2. The molecule has 0 amide bonds. The van der Waals surface area contributed by atoms with Crippen molar-refractivity contribution in [2.24, 2.45) is 0 Å². The number of benzene rings is 1. The maximum Gasteiger partial charge on any atom is 0.123 e. The van der Waals surface area contributed by atoms with Crippen molar-refractivity contribution in [1.29, 1.82) is 0 Å². The van der Waals surface area contributed by atoms with Crippen LogP contribution >= 0.6 is 0 Å². The minimum absolute atomic E-state index is 0.293. The topological polar surface area (TPSA) is 58.1 Å². The quantitative estimate of drug-likeness (QED) is 0.904. The smallest absolute Gasteiger partial charge is 0.123 e. The van der Waals surface area contributed by atoms with Gasteiger partial charge < -0.3 is 9.84 Å². The van der Waals surface area contributed by atoms with Gasteiger partial charge in [0.1, 0.15) is 11.9 Å². The number of aromatic amines is 1. The molecule has 0 saturated heterocycles. The Hall–Kier alpha value is -2.14. The first-order chi connectivity index (χ1) is 9.75. The van der Waals surface area contributed by atoms with E-state index in [1.807, 2.05) is 0 Å². The molecule has 0 radical (unpaired) electrons. The summed E-state index contributed by atoms with van der Waals surface area (Å²) >= 11 is 0. The van der Waals surface area contributed by atoms with E-state index in [1.165, 1.54) is 12.1 Å². The Morgan fingerprint density at radius 3 is 2.80 bits per heavy atom. The molecule has 2 aromatic rings. The third-order valence-electron chi connectivity index (χ3n) is 3.41. The van der Waals surface area contributed by atoms with Crippen molar-refractivity contribution in [3.8, 4) is 11.3 Å². The second-order valence-electron chi connectivity index (χ2n) is 4.78. The van der Waals surface area contributed by atoms with E-state index in [2.05, 4.69) is 10.2 Å². The number of hydrogen-bond acceptors (Lipinski definition) is 3. The monoisotopic (exact) mass is 274 g/mol. The fourth-order valence-electron chi connectivity index (χ4n) is 2.34. The van der Waals surface area contributed by atoms with Crippen LogP contribution in [0.5, 0.6) is 0 Å². The highest BCUT2D eigenvalue weighted by Crippen LogP contribution is 2.33. The van der Waals surface area contributed by atoms with Gasteiger partial charge >= 0.3 is 0 Å². The molecule has 3 rings (SSSR count). The number of H-pyrrole nitrogens is 1. The Balaban J connectivity index is 1.93. The summed E-state index contributed by atoms with van der Waals surface area (Å²) in [5, 5.41) is 17.3. The zero-order valence-corrected chi connectivity index (χ0v) is 10.8. The molecule has 104 valence electrons. The van der Waals surface area contributed by atoms with Crippen LogP contribution in [0.2, 0.25) is 0 Å². The Morgan fingerprint density at radius 1 is 1.30 bits per heavy atom. The molecule has 1 atom stereocenters. The van der Waals surface area contributed by atoms with E-state index in [0.717, 1.165) is 24.0 Å². The molecule has 0 bridgehead atoms. The third-order valence-corrected chi connectivity index (χ3v) is 3.41. The molecule has 0 spiro atoms. The summed E-state index contributed by atoms with van der Waals surface area (Å²) in [4.78, 5) is 0. The van der Waals surface area contributed by atoms with Gasteiger partial charge in [-0.1, -0.05) is 0 Å². The minimum Gasteiger partial charge on any atom is -0.501 e. The molecule has 1 unspecified atom stereocenters. The van der Waals surface area contributed by atoms with Crippen LogP contribution in [0, 0.1) is 5.82 Å². The summed E-state index contributed by atoms with van der Waals surface area (Å²) < 4.78 is 18.2. The lowest BCUT2D eigenvalue weighted by Crippen LogP contribution is -2.08. The van der Waals surface area contributed by atoms with Crippen LogP contribution in [0.25, 0.3) is 11.3 Å². The number of hydrogen-bond donors (Lipinski definition) is 2. The van der Waals surface area contributed by atoms with Gasteiger partial charge in [-0.25, -0.2) is 4.39 Å². The molecule has 4 nitrogen and oxygen atoms in total. The maximum absolute atomic E-state index is 13.0. The molecular weight excluding hydrogens is 259 g/mol. The molecule has 0 saturated carbocycles. The van der Waals surface area contributed by atoms with Gasteiger partial charge in [-0.05, 0) is 42.7 Å². The average Bonchev–Trinajstić information content (AvgIpc) is 2.97. The summed E-state index contributed by atoms with van der Waals surface area (Å²) in [7, 11) is 0. The highest BCUT2D eigenvalue weighted by molar-refractivity contribution is 5.63. The van der Waals surface area contributed by atoms with E-state index < -0.39 is 6.10 Å². The van der Waals surface area contributed by atoms with E-state index >= 15 is 0 Å². The molecule has 2 heterocycles. The predicted molar refractivity (Wildman–Crippen MR) is 72.2 cm³/mol. The summed E-state index contributed by atoms with van der Waals surface area (Å²) in [6.45, 7) is 0.687. The number of rotatable bonds is 3. The van der Waals surface area contributed by atoms with Crippen molar-refractivity contribution in [3.63, 3.8) is 0 Å². The lowest BCUT2D eigenvalue weighted by Gasteiger charge is -2.19. The number of ether oxygens (including phenoxy) is 1.